The third kappa shape index (κ3) is 2.77. The molecule has 2 heterocycles. The van der Waals surface area contributed by atoms with Crippen LogP contribution < -0.4 is 0 Å². The zero-order valence-corrected chi connectivity index (χ0v) is 13.1. The van der Waals surface area contributed by atoms with Crippen molar-refractivity contribution < 1.29 is 9.53 Å². The van der Waals surface area contributed by atoms with Gasteiger partial charge in [-0.25, -0.2) is 14.3 Å². The molecule has 0 aliphatic carbocycles. The molecule has 0 fully saturated rings. The van der Waals surface area contributed by atoms with E-state index in [0.717, 1.165) is 3.57 Å². The number of fused-ring (bicyclic) bond motifs is 1. The Bertz CT molecular complexity index is 616. The Balaban J connectivity index is 2.49. The molecule has 2 aromatic rings. The zero-order valence-electron chi connectivity index (χ0n) is 10.2. The molecule has 0 spiro atoms. The minimum atomic E-state index is -0.529. The van der Waals surface area contributed by atoms with E-state index in [9.17, 15) is 4.79 Å². The highest BCUT2D eigenvalue weighted by Crippen LogP contribution is 2.24. The second kappa shape index (κ2) is 4.70. The Morgan fingerprint density at radius 1 is 1.44 bits per heavy atom. The Hall–Kier alpha value is -0.820. The largest absolute Gasteiger partial charge is 0.443 e. The Morgan fingerprint density at radius 2 is 2.11 bits per heavy atom. The molecule has 0 N–H and O–H groups in total. The van der Waals surface area contributed by atoms with Crippen molar-refractivity contribution in [3.05, 3.63) is 27.1 Å². The van der Waals surface area contributed by atoms with E-state index in [-0.39, 0.29) is 0 Å². The van der Waals surface area contributed by atoms with Crippen LogP contribution in [-0.2, 0) is 4.74 Å². The van der Waals surface area contributed by atoms with Crippen LogP contribution >= 0.6 is 34.2 Å². The number of halogens is 2. The summed E-state index contributed by atoms with van der Waals surface area (Å²) in [4.78, 5) is 16.3. The van der Waals surface area contributed by atoms with Crippen molar-refractivity contribution in [3.8, 4) is 0 Å². The lowest BCUT2D eigenvalue weighted by molar-refractivity contribution is 0.0544. The van der Waals surface area contributed by atoms with Crippen molar-refractivity contribution in [1.82, 2.24) is 9.55 Å². The molecular formula is C12H12ClIN2O2. The van der Waals surface area contributed by atoms with Crippen LogP contribution in [0.25, 0.3) is 11.0 Å². The number of carbonyl (C=O) groups excluding carboxylic acids is 1. The predicted molar refractivity (Wildman–Crippen MR) is 79.1 cm³/mol. The van der Waals surface area contributed by atoms with Crippen molar-refractivity contribution in [1.29, 1.82) is 0 Å². The van der Waals surface area contributed by atoms with Crippen molar-refractivity contribution in [2.45, 2.75) is 26.4 Å². The molecule has 18 heavy (non-hydrogen) atoms. The summed E-state index contributed by atoms with van der Waals surface area (Å²) in [5.41, 5.74) is 0.867. The summed E-state index contributed by atoms with van der Waals surface area (Å²) in [6.07, 6.45) is 1.28. The van der Waals surface area contributed by atoms with E-state index in [4.69, 9.17) is 16.3 Å². The van der Waals surface area contributed by atoms with E-state index in [2.05, 4.69) is 27.6 Å². The summed E-state index contributed by atoms with van der Waals surface area (Å²) in [5.74, 6) is 0. The molecule has 0 bridgehead atoms. The molecule has 0 aromatic carbocycles. The first-order chi connectivity index (χ1) is 8.28. The van der Waals surface area contributed by atoms with Gasteiger partial charge in [-0.05, 0) is 55.5 Å². The molecule has 2 rings (SSSR count). The maximum atomic E-state index is 12.0. The highest BCUT2D eigenvalue weighted by molar-refractivity contribution is 14.1. The van der Waals surface area contributed by atoms with Gasteiger partial charge in [-0.1, -0.05) is 11.6 Å². The minimum absolute atomic E-state index is 0.405. The van der Waals surface area contributed by atoms with Crippen LogP contribution in [0, 0.1) is 3.57 Å². The highest BCUT2D eigenvalue weighted by atomic mass is 127. The van der Waals surface area contributed by atoms with Gasteiger partial charge in [0.05, 0.1) is 9.09 Å². The maximum absolute atomic E-state index is 12.0. The van der Waals surface area contributed by atoms with Crippen LogP contribution in [0.4, 0.5) is 4.79 Å². The summed E-state index contributed by atoms with van der Waals surface area (Å²) < 4.78 is 7.64. The lowest BCUT2D eigenvalue weighted by atomic mass is 10.2. The monoisotopic (exact) mass is 378 g/mol. The molecule has 4 nitrogen and oxygen atoms in total. The first-order valence-corrected chi connectivity index (χ1v) is 6.80. The van der Waals surface area contributed by atoms with Crippen molar-refractivity contribution in [3.63, 3.8) is 0 Å². The first kappa shape index (κ1) is 13.6. The first-order valence-electron chi connectivity index (χ1n) is 5.34. The molecule has 0 radical (unpaired) electrons. The topological polar surface area (TPSA) is 44.1 Å². The molecule has 0 unspecified atom stereocenters. The summed E-state index contributed by atoms with van der Waals surface area (Å²) in [6.45, 7) is 5.49. The van der Waals surface area contributed by atoms with Crippen LogP contribution in [0.2, 0.25) is 5.15 Å². The summed E-state index contributed by atoms with van der Waals surface area (Å²) in [6, 6.07) is 3.41. The maximum Gasteiger partial charge on any atom is 0.419 e. The molecule has 0 amide bonds. The molecule has 0 aliphatic rings. The highest BCUT2D eigenvalue weighted by Gasteiger charge is 2.20. The third-order valence-electron chi connectivity index (χ3n) is 2.16. The summed E-state index contributed by atoms with van der Waals surface area (Å²) >= 11 is 7.96. The van der Waals surface area contributed by atoms with E-state index in [1.807, 2.05) is 20.8 Å². The summed E-state index contributed by atoms with van der Waals surface area (Å²) in [5, 5.41) is 0.405. The second-order valence-corrected chi connectivity index (χ2v) is 6.38. The van der Waals surface area contributed by atoms with Gasteiger partial charge in [-0.15, -0.1) is 0 Å². The number of nitrogens with zero attached hydrogens (tertiary/aromatic N) is 2. The number of hydrogen-bond acceptors (Lipinski definition) is 3. The van der Waals surface area contributed by atoms with Crippen LogP contribution in [0.1, 0.15) is 20.8 Å². The lowest BCUT2D eigenvalue weighted by Gasteiger charge is -2.19. The van der Waals surface area contributed by atoms with Gasteiger partial charge in [0.25, 0.3) is 0 Å². The fourth-order valence-corrected chi connectivity index (χ4v) is 2.33. The lowest BCUT2D eigenvalue weighted by Crippen LogP contribution is -2.26. The van der Waals surface area contributed by atoms with Gasteiger partial charge < -0.3 is 4.74 Å². The molecule has 96 valence electrons. The number of hydrogen-bond donors (Lipinski definition) is 0. The van der Waals surface area contributed by atoms with Crippen LogP contribution in [0.5, 0.6) is 0 Å². The average molecular weight is 379 g/mol. The molecule has 6 heteroatoms. The predicted octanol–water partition coefficient (Wildman–Crippen LogP) is 4.08. The zero-order chi connectivity index (χ0) is 13.5. The van der Waals surface area contributed by atoms with Gasteiger partial charge in [-0.2, -0.15) is 0 Å². The SMILES string of the molecule is CC(C)(C)OC(=O)n1cc(I)c2nc(Cl)ccc21. The van der Waals surface area contributed by atoms with Crippen molar-refractivity contribution in [2.75, 3.05) is 0 Å². The number of pyridine rings is 1. The van der Waals surface area contributed by atoms with Crippen LogP contribution in [0.15, 0.2) is 18.3 Å². The number of ether oxygens (including phenoxy) is 1. The summed E-state index contributed by atoms with van der Waals surface area (Å²) in [7, 11) is 0. The second-order valence-electron chi connectivity index (χ2n) is 4.83. The van der Waals surface area contributed by atoms with Gasteiger partial charge in [0, 0.05) is 6.20 Å². The Labute approximate surface area is 123 Å². The van der Waals surface area contributed by atoms with Crippen molar-refractivity contribution in [2.24, 2.45) is 0 Å². The Morgan fingerprint density at radius 3 is 2.72 bits per heavy atom. The van der Waals surface area contributed by atoms with E-state index in [0.29, 0.717) is 16.2 Å². The van der Waals surface area contributed by atoms with Gasteiger partial charge >= 0.3 is 6.09 Å². The molecule has 0 aliphatic heterocycles. The molecule has 0 saturated carbocycles. The van der Waals surface area contributed by atoms with E-state index in [1.54, 1.807) is 18.3 Å². The Kier molecular flexibility index (Phi) is 3.55. The fourth-order valence-electron chi connectivity index (χ4n) is 1.50. The number of rotatable bonds is 0. The van der Waals surface area contributed by atoms with Gasteiger partial charge in [0.1, 0.15) is 16.3 Å². The smallest absolute Gasteiger partial charge is 0.419 e. The van der Waals surface area contributed by atoms with Gasteiger partial charge in [0.2, 0.25) is 0 Å². The third-order valence-corrected chi connectivity index (χ3v) is 3.16. The van der Waals surface area contributed by atoms with Gasteiger partial charge in [-0.3, -0.25) is 0 Å². The quantitative estimate of drug-likeness (QED) is 0.512. The van der Waals surface area contributed by atoms with Crippen molar-refractivity contribution >= 4 is 51.3 Å². The van der Waals surface area contributed by atoms with E-state index in [1.165, 1.54) is 4.57 Å². The fraction of sp³-hybridized carbons (Fsp3) is 0.333. The number of aromatic nitrogens is 2. The molecule has 2 aromatic heterocycles. The van der Waals surface area contributed by atoms with Gasteiger partial charge in [0.15, 0.2) is 0 Å². The molecule has 0 saturated heterocycles. The minimum Gasteiger partial charge on any atom is -0.443 e. The normalized spacial score (nSPS) is 11.8. The average Bonchev–Trinajstić information content (AvgIpc) is 2.54. The molecular weight excluding hydrogens is 367 g/mol. The van der Waals surface area contributed by atoms with Crippen LogP contribution in [0.3, 0.4) is 0 Å². The standard InChI is InChI=1S/C12H12ClIN2O2/c1-12(2,3)18-11(17)16-6-7(14)10-8(16)4-5-9(13)15-10/h4-6H,1-3H3. The molecule has 0 atom stereocenters. The van der Waals surface area contributed by atoms with E-state index < -0.39 is 11.7 Å². The number of carbonyl (C=O) groups is 1. The van der Waals surface area contributed by atoms with E-state index >= 15 is 0 Å². The van der Waals surface area contributed by atoms with Crippen LogP contribution in [-0.4, -0.2) is 21.2 Å².